The number of halogens is 1. The molecule has 0 atom stereocenters. The van der Waals surface area contributed by atoms with E-state index in [9.17, 15) is 0 Å². The van der Waals surface area contributed by atoms with Crippen molar-refractivity contribution in [1.82, 2.24) is 5.32 Å². The standard InChI is InChI=1S/C20H19NO.ClH/c22-12-2-11-21-13-17-8-7-16-6-5-14-3-1-4-15-9-10-18(17)20(16)19(14)15;/h1,3-10,21-22H,2,11-13H2;1H. The molecule has 0 aliphatic heterocycles. The first kappa shape index (κ1) is 16.0. The highest BCUT2D eigenvalue weighted by Gasteiger charge is 2.10. The molecular weight excluding hydrogens is 306 g/mol. The Morgan fingerprint density at radius 2 is 1.43 bits per heavy atom. The van der Waals surface area contributed by atoms with Gasteiger partial charge >= 0.3 is 0 Å². The molecule has 0 aliphatic rings. The lowest BCUT2D eigenvalue weighted by atomic mass is 9.92. The van der Waals surface area contributed by atoms with Crippen LogP contribution in [0.4, 0.5) is 0 Å². The minimum atomic E-state index is 0. The molecule has 0 bridgehead atoms. The zero-order chi connectivity index (χ0) is 14.9. The Balaban J connectivity index is 0.00000156. The van der Waals surface area contributed by atoms with Crippen molar-refractivity contribution in [2.45, 2.75) is 13.0 Å². The van der Waals surface area contributed by atoms with Gasteiger partial charge in [-0.2, -0.15) is 0 Å². The molecule has 118 valence electrons. The SMILES string of the molecule is Cl.OCCCNCc1ccc2ccc3cccc4ccc1c2c34. The Morgan fingerprint density at radius 3 is 2.17 bits per heavy atom. The predicted molar refractivity (Wildman–Crippen MR) is 101 cm³/mol. The molecule has 0 amide bonds. The summed E-state index contributed by atoms with van der Waals surface area (Å²) in [7, 11) is 0. The summed E-state index contributed by atoms with van der Waals surface area (Å²) < 4.78 is 0. The van der Waals surface area contributed by atoms with E-state index in [-0.39, 0.29) is 19.0 Å². The summed E-state index contributed by atoms with van der Waals surface area (Å²) in [5.74, 6) is 0. The summed E-state index contributed by atoms with van der Waals surface area (Å²) in [5.41, 5.74) is 1.32. The van der Waals surface area contributed by atoms with Crippen LogP contribution in [0.25, 0.3) is 32.3 Å². The molecule has 0 saturated heterocycles. The highest BCUT2D eigenvalue weighted by Crippen LogP contribution is 2.35. The van der Waals surface area contributed by atoms with Gasteiger partial charge in [-0.05, 0) is 50.8 Å². The van der Waals surface area contributed by atoms with Crippen LogP contribution in [0.2, 0.25) is 0 Å². The van der Waals surface area contributed by atoms with Gasteiger partial charge in [0.05, 0.1) is 0 Å². The quantitative estimate of drug-likeness (QED) is 0.419. The Labute approximate surface area is 141 Å². The number of rotatable bonds is 5. The van der Waals surface area contributed by atoms with Gasteiger partial charge in [0.25, 0.3) is 0 Å². The minimum Gasteiger partial charge on any atom is -0.396 e. The molecule has 0 saturated carbocycles. The largest absolute Gasteiger partial charge is 0.396 e. The van der Waals surface area contributed by atoms with Crippen molar-refractivity contribution in [1.29, 1.82) is 0 Å². The molecule has 0 aliphatic carbocycles. The lowest BCUT2D eigenvalue weighted by molar-refractivity contribution is 0.286. The van der Waals surface area contributed by atoms with Crippen LogP contribution in [0.5, 0.6) is 0 Å². The Morgan fingerprint density at radius 1 is 0.783 bits per heavy atom. The molecular formula is C20H20ClNO. The third kappa shape index (κ3) is 2.74. The number of aliphatic hydroxyl groups excluding tert-OH is 1. The summed E-state index contributed by atoms with van der Waals surface area (Å²) in [6.45, 7) is 1.93. The van der Waals surface area contributed by atoms with Gasteiger partial charge in [-0.25, -0.2) is 0 Å². The number of nitrogens with one attached hydrogen (secondary N) is 1. The molecule has 0 spiro atoms. The molecule has 4 aromatic rings. The number of hydrogen-bond donors (Lipinski definition) is 2. The van der Waals surface area contributed by atoms with Crippen LogP contribution in [-0.4, -0.2) is 18.3 Å². The van der Waals surface area contributed by atoms with Crippen LogP contribution in [0.3, 0.4) is 0 Å². The molecule has 0 unspecified atom stereocenters. The van der Waals surface area contributed by atoms with E-state index in [1.54, 1.807) is 0 Å². The molecule has 0 radical (unpaired) electrons. The average Bonchev–Trinajstić information content (AvgIpc) is 2.57. The molecule has 4 rings (SSSR count). The molecule has 2 N–H and O–H groups in total. The molecule has 4 aromatic carbocycles. The van der Waals surface area contributed by atoms with Gasteiger partial charge in [0, 0.05) is 13.2 Å². The maximum absolute atomic E-state index is 8.88. The van der Waals surface area contributed by atoms with Crippen molar-refractivity contribution in [3.8, 4) is 0 Å². The lowest BCUT2D eigenvalue weighted by Gasteiger charge is -2.14. The van der Waals surface area contributed by atoms with Crippen LogP contribution in [-0.2, 0) is 6.54 Å². The molecule has 0 fully saturated rings. The van der Waals surface area contributed by atoms with Gasteiger partial charge in [-0.15, -0.1) is 12.4 Å². The Kier molecular flexibility index (Phi) is 4.67. The van der Waals surface area contributed by atoms with Crippen molar-refractivity contribution < 1.29 is 5.11 Å². The zero-order valence-electron chi connectivity index (χ0n) is 12.9. The van der Waals surface area contributed by atoms with Gasteiger partial charge < -0.3 is 10.4 Å². The highest BCUT2D eigenvalue weighted by molar-refractivity contribution is 6.23. The number of benzene rings is 4. The minimum absolute atomic E-state index is 0. The van der Waals surface area contributed by atoms with Crippen LogP contribution < -0.4 is 5.32 Å². The van der Waals surface area contributed by atoms with E-state index in [0.29, 0.717) is 0 Å². The smallest absolute Gasteiger partial charge is 0.0443 e. The van der Waals surface area contributed by atoms with E-state index >= 15 is 0 Å². The zero-order valence-corrected chi connectivity index (χ0v) is 13.7. The Hall–Kier alpha value is -1.87. The monoisotopic (exact) mass is 325 g/mol. The van der Waals surface area contributed by atoms with Gasteiger partial charge in [0.15, 0.2) is 0 Å². The second kappa shape index (κ2) is 6.71. The molecule has 2 nitrogen and oxygen atoms in total. The first-order chi connectivity index (χ1) is 10.9. The second-order valence-corrected chi connectivity index (χ2v) is 5.83. The van der Waals surface area contributed by atoms with Crippen molar-refractivity contribution in [3.05, 3.63) is 60.2 Å². The lowest BCUT2D eigenvalue weighted by Crippen LogP contribution is -2.15. The second-order valence-electron chi connectivity index (χ2n) is 5.83. The number of aliphatic hydroxyl groups is 1. The van der Waals surface area contributed by atoms with Crippen molar-refractivity contribution in [2.75, 3.05) is 13.2 Å². The van der Waals surface area contributed by atoms with E-state index in [2.05, 4.69) is 59.9 Å². The molecule has 3 heteroatoms. The first-order valence-electron chi connectivity index (χ1n) is 7.85. The van der Waals surface area contributed by atoms with Gasteiger partial charge in [0.2, 0.25) is 0 Å². The predicted octanol–water partition coefficient (Wildman–Crippen LogP) is 4.48. The van der Waals surface area contributed by atoms with E-state index in [4.69, 9.17) is 5.11 Å². The summed E-state index contributed by atoms with van der Waals surface area (Å²) in [5, 5.41) is 20.3. The third-order valence-electron chi connectivity index (χ3n) is 4.45. The van der Waals surface area contributed by atoms with Crippen LogP contribution in [0, 0.1) is 0 Å². The summed E-state index contributed by atoms with van der Waals surface area (Å²) in [4.78, 5) is 0. The fourth-order valence-corrected chi connectivity index (χ4v) is 3.38. The maximum Gasteiger partial charge on any atom is 0.0443 e. The van der Waals surface area contributed by atoms with Crippen LogP contribution >= 0.6 is 12.4 Å². The normalized spacial score (nSPS) is 11.3. The van der Waals surface area contributed by atoms with Crippen molar-refractivity contribution in [2.24, 2.45) is 0 Å². The molecule has 0 aromatic heterocycles. The van der Waals surface area contributed by atoms with Crippen LogP contribution in [0.15, 0.2) is 54.6 Å². The van der Waals surface area contributed by atoms with Gasteiger partial charge in [0.1, 0.15) is 0 Å². The first-order valence-corrected chi connectivity index (χ1v) is 7.85. The Bertz CT molecular complexity index is 919. The summed E-state index contributed by atoms with van der Waals surface area (Å²) in [6, 6.07) is 19.8. The van der Waals surface area contributed by atoms with Gasteiger partial charge in [-0.3, -0.25) is 0 Å². The topological polar surface area (TPSA) is 32.3 Å². The van der Waals surface area contributed by atoms with Crippen LogP contribution in [0.1, 0.15) is 12.0 Å². The highest BCUT2D eigenvalue weighted by atomic mass is 35.5. The van der Waals surface area contributed by atoms with E-state index in [1.165, 1.54) is 37.9 Å². The molecule has 23 heavy (non-hydrogen) atoms. The van der Waals surface area contributed by atoms with Crippen molar-refractivity contribution in [3.63, 3.8) is 0 Å². The van der Waals surface area contributed by atoms with Gasteiger partial charge in [-0.1, -0.05) is 54.6 Å². The number of hydrogen-bond acceptors (Lipinski definition) is 2. The van der Waals surface area contributed by atoms with E-state index in [1.807, 2.05) is 0 Å². The summed E-state index contributed by atoms with van der Waals surface area (Å²) in [6.07, 6.45) is 0.797. The van der Waals surface area contributed by atoms with E-state index in [0.717, 1.165) is 19.5 Å². The average molecular weight is 326 g/mol. The fourth-order valence-electron chi connectivity index (χ4n) is 3.38. The maximum atomic E-state index is 8.88. The van der Waals surface area contributed by atoms with E-state index < -0.39 is 0 Å². The summed E-state index contributed by atoms with van der Waals surface area (Å²) >= 11 is 0. The molecule has 0 heterocycles. The van der Waals surface area contributed by atoms with Crippen molar-refractivity contribution >= 4 is 44.7 Å². The fraction of sp³-hybridized carbons (Fsp3) is 0.200. The third-order valence-corrected chi connectivity index (χ3v) is 4.45.